The fourth-order valence-corrected chi connectivity index (χ4v) is 2.83. The van der Waals surface area contributed by atoms with Gasteiger partial charge in [0.15, 0.2) is 0 Å². The lowest BCUT2D eigenvalue weighted by molar-refractivity contribution is 0.360. The van der Waals surface area contributed by atoms with Crippen molar-refractivity contribution in [1.82, 2.24) is 10.2 Å². The molecule has 0 radical (unpaired) electrons. The highest BCUT2D eigenvalue weighted by molar-refractivity contribution is 5.48. The Bertz CT molecular complexity index is 370. The van der Waals surface area contributed by atoms with E-state index in [0.717, 1.165) is 19.5 Å². The molecule has 1 saturated heterocycles. The Balaban J connectivity index is 2.05. The summed E-state index contributed by atoms with van der Waals surface area (Å²) in [6.07, 6.45) is 2.39. The minimum Gasteiger partial charge on any atom is -0.370 e. The molecule has 3 heteroatoms. The van der Waals surface area contributed by atoms with E-state index in [-0.39, 0.29) is 0 Å². The zero-order valence-corrected chi connectivity index (χ0v) is 12.5. The maximum absolute atomic E-state index is 3.36. The van der Waals surface area contributed by atoms with Gasteiger partial charge in [0.05, 0.1) is 0 Å². The molecular formula is C16H27N3. The highest BCUT2D eigenvalue weighted by Gasteiger charge is 2.13. The van der Waals surface area contributed by atoms with Gasteiger partial charge >= 0.3 is 0 Å². The first kappa shape index (κ1) is 14.4. The maximum atomic E-state index is 3.36. The van der Waals surface area contributed by atoms with E-state index in [4.69, 9.17) is 0 Å². The SMILES string of the molecule is CCC(NC)c1ccc(N2CCCN(C)CC2)cc1. The summed E-state index contributed by atoms with van der Waals surface area (Å²) in [6, 6.07) is 9.58. The second-order valence-electron chi connectivity index (χ2n) is 5.48. The molecule has 1 unspecified atom stereocenters. The van der Waals surface area contributed by atoms with Gasteiger partial charge in [0, 0.05) is 31.4 Å². The summed E-state index contributed by atoms with van der Waals surface area (Å²) in [5, 5.41) is 3.36. The van der Waals surface area contributed by atoms with Gasteiger partial charge < -0.3 is 15.1 Å². The molecule has 1 aromatic rings. The molecule has 1 aromatic carbocycles. The van der Waals surface area contributed by atoms with E-state index in [0.29, 0.717) is 6.04 Å². The topological polar surface area (TPSA) is 18.5 Å². The van der Waals surface area contributed by atoms with Gasteiger partial charge in [0.1, 0.15) is 0 Å². The van der Waals surface area contributed by atoms with Gasteiger partial charge in [-0.3, -0.25) is 0 Å². The van der Waals surface area contributed by atoms with Gasteiger partial charge in [-0.1, -0.05) is 19.1 Å². The van der Waals surface area contributed by atoms with E-state index in [1.165, 1.54) is 30.8 Å². The van der Waals surface area contributed by atoms with E-state index in [1.807, 2.05) is 7.05 Å². The second kappa shape index (κ2) is 6.92. The fourth-order valence-electron chi connectivity index (χ4n) is 2.83. The van der Waals surface area contributed by atoms with Gasteiger partial charge in [-0.15, -0.1) is 0 Å². The van der Waals surface area contributed by atoms with Crippen LogP contribution < -0.4 is 10.2 Å². The van der Waals surface area contributed by atoms with Crippen LogP contribution in [-0.4, -0.2) is 45.2 Å². The van der Waals surface area contributed by atoms with E-state index in [9.17, 15) is 0 Å². The van der Waals surface area contributed by atoms with Crippen LogP contribution in [0.15, 0.2) is 24.3 Å². The molecule has 19 heavy (non-hydrogen) atoms. The zero-order valence-electron chi connectivity index (χ0n) is 12.5. The molecule has 0 aromatic heterocycles. The molecule has 0 aliphatic carbocycles. The molecule has 1 N–H and O–H groups in total. The molecule has 1 atom stereocenters. The van der Waals surface area contributed by atoms with Crippen molar-refractivity contribution in [2.45, 2.75) is 25.8 Å². The van der Waals surface area contributed by atoms with E-state index in [1.54, 1.807) is 0 Å². The molecule has 1 aliphatic heterocycles. The number of nitrogens with zero attached hydrogens (tertiary/aromatic N) is 2. The van der Waals surface area contributed by atoms with Crippen LogP contribution in [0, 0.1) is 0 Å². The number of benzene rings is 1. The number of likely N-dealkylation sites (N-methyl/N-ethyl adjacent to an activating group) is 1. The molecule has 0 bridgehead atoms. The predicted octanol–water partition coefficient (Wildman–Crippen LogP) is 2.50. The molecule has 0 saturated carbocycles. The van der Waals surface area contributed by atoms with Crippen LogP contribution in [0.2, 0.25) is 0 Å². The summed E-state index contributed by atoms with van der Waals surface area (Å²) in [7, 11) is 4.25. The largest absolute Gasteiger partial charge is 0.370 e. The van der Waals surface area contributed by atoms with Crippen molar-refractivity contribution in [3.63, 3.8) is 0 Å². The molecule has 1 heterocycles. The first-order valence-corrected chi connectivity index (χ1v) is 7.45. The fraction of sp³-hybridized carbons (Fsp3) is 0.625. The van der Waals surface area contributed by atoms with Crippen molar-refractivity contribution in [2.24, 2.45) is 0 Å². The number of nitrogens with one attached hydrogen (secondary N) is 1. The molecule has 3 nitrogen and oxygen atoms in total. The predicted molar refractivity (Wildman–Crippen MR) is 82.9 cm³/mol. The van der Waals surface area contributed by atoms with E-state index < -0.39 is 0 Å². The average molecular weight is 261 g/mol. The molecule has 0 spiro atoms. The Morgan fingerprint density at radius 1 is 1.11 bits per heavy atom. The van der Waals surface area contributed by atoms with Crippen molar-refractivity contribution in [2.75, 3.05) is 45.2 Å². The molecule has 0 amide bonds. The third kappa shape index (κ3) is 3.71. The standard InChI is InChI=1S/C16H27N3/c1-4-16(17-2)14-6-8-15(9-7-14)19-11-5-10-18(3)12-13-19/h6-9,16-17H,4-5,10-13H2,1-3H3. The van der Waals surface area contributed by atoms with Crippen LogP contribution in [0.5, 0.6) is 0 Å². The number of anilines is 1. The Hall–Kier alpha value is -1.06. The first-order chi connectivity index (χ1) is 9.24. The molecule has 106 valence electrons. The highest BCUT2D eigenvalue weighted by atomic mass is 15.2. The van der Waals surface area contributed by atoms with Crippen LogP contribution in [0.4, 0.5) is 5.69 Å². The van der Waals surface area contributed by atoms with Crippen LogP contribution in [0.3, 0.4) is 0 Å². The first-order valence-electron chi connectivity index (χ1n) is 7.45. The van der Waals surface area contributed by atoms with Crippen molar-refractivity contribution >= 4 is 5.69 Å². The number of hydrogen-bond donors (Lipinski definition) is 1. The minimum absolute atomic E-state index is 0.476. The normalized spacial score (nSPS) is 19.2. The number of hydrogen-bond acceptors (Lipinski definition) is 3. The highest BCUT2D eigenvalue weighted by Crippen LogP contribution is 2.21. The quantitative estimate of drug-likeness (QED) is 0.898. The van der Waals surface area contributed by atoms with Gasteiger partial charge in [0.2, 0.25) is 0 Å². The summed E-state index contributed by atoms with van der Waals surface area (Å²) in [6.45, 7) is 6.91. The van der Waals surface area contributed by atoms with Crippen LogP contribution in [0.25, 0.3) is 0 Å². The Morgan fingerprint density at radius 2 is 1.84 bits per heavy atom. The lowest BCUT2D eigenvalue weighted by Crippen LogP contribution is -2.28. The van der Waals surface area contributed by atoms with E-state index >= 15 is 0 Å². The average Bonchev–Trinajstić information content (AvgIpc) is 2.66. The van der Waals surface area contributed by atoms with E-state index in [2.05, 4.69) is 53.4 Å². The molecule has 1 aliphatic rings. The monoisotopic (exact) mass is 261 g/mol. The lowest BCUT2D eigenvalue weighted by atomic mass is 10.0. The van der Waals surface area contributed by atoms with Crippen molar-refractivity contribution in [1.29, 1.82) is 0 Å². The second-order valence-corrected chi connectivity index (χ2v) is 5.48. The van der Waals surface area contributed by atoms with Gasteiger partial charge in [-0.2, -0.15) is 0 Å². The zero-order chi connectivity index (χ0) is 13.7. The Kier molecular flexibility index (Phi) is 5.23. The van der Waals surface area contributed by atoms with Crippen LogP contribution in [0.1, 0.15) is 31.4 Å². The van der Waals surface area contributed by atoms with Gasteiger partial charge in [-0.25, -0.2) is 0 Å². The van der Waals surface area contributed by atoms with Crippen molar-refractivity contribution < 1.29 is 0 Å². The maximum Gasteiger partial charge on any atom is 0.0366 e. The lowest BCUT2D eigenvalue weighted by Gasteiger charge is -2.23. The van der Waals surface area contributed by atoms with Gasteiger partial charge in [0.25, 0.3) is 0 Å². The summed E-state index contributed by atoms with van der Waals surface area (Å²) in [4.78, 5) is 4.93. The summed E-state index contributed by atoms with van der Waals surface area (Å²) in [5.74, 6) is 0. The Morgan fingerprint density at radius 3 is 2.47 bits per heavy atom. The smallest absolute Gasteiger partial charge is 0.0366 e. The van der Waals surface area contributed by atoms with Crippen molar-refractivity contribution in [3.8, 4) is 0 Å². The molecule has 1 fully saturated rings. The third-order valence-corrected chi connectivity index (χ3v) is 4.14. The minimum atomic E-state index is 0.476. The number of rotatable bonds is 4. The molecular weight excluding hydrogens is 234 g/mol. The van der Waals surface area contributed by atoms with Gasteiger partial charge in [-0.05, 0) is 51.2 Å². The van der Waals surface area contributed by atoms with Crippen molar-refractivity contribution in [3.05, 3.63) is 29.8 Å². The molecule has 2 rings (SSSR count). The summed E-state index contributed by atoms with van der Waals surface area (Å²) >= 11 is 0. The van der Waals surface area contributed by atoms with Crippen LogP contribution >= 0.6 is 0 Å². The Labute approximate surface area is 117 Å². The summed E-state index contributed by atoms with van der Waals surface area (Å²) < 4.78 is 0. The third-order valence-electron chi connectivity index (χ3n) is 4.14. The van der Waals surface area contributed by atoms with Crippen LogP contribution in [-0.2, 0) is 0 Å². The summed E-state index contributed by atoms with van der Waals surface area (Å²) in [5.41, 5.74) is 2.76.